The first kappa shape index (κ1) is 25.4. The van der Waals surface area contributed by atoms with Crippen LogP contribution >= 0.6 is 15.9 Å². The van der Waals surface area contributed by atoms with Gasteiger partial charge in [0.1, 0.15) is 18.1 Å². The van der Waals surface area contributed by atoms with Gasteiger partial charge in [-0.15, -0.1) is 0 Å². The first-order valence-electron chi connectivity index (χ1n) is 12.3. The van der Waals surface area contributed by atoms with Crippen LogP contribution in [0, 0.1) is 6.92 Å². The van der Waals surface area contributed by atoms with Crippen LogP contribution in [0.5, 0.6) is 11.5 Å². The average Bonchev–Trinajstić information content (AvgIpc) is 3.66. The molecule has 9 heteroatoms. The van der Waals surface area contributed by atoms with E-state index in [1.165, 1.54) is 0 Å². The fourth-order valence-electron chi connectivity index (χ4n) is 4.54. The molecule has 3 aromatic rings. The number of amides is 2. The molecular formula is C28H29BrN2O6. The summed E-state index contributed by atoms with van der Waals surface area (Å²) in [4.78, 5) is 30.5. The van der Waals surface area contributed by atoms with Crippen molar-refractivity contribution in [3.63, 3.8) is 0 Å². The van der Waals surface area contributed by atoms with E-state index in [9.17, 15) is 9.59 Å². The Morgan fingerprint density at radius 1 is 0.973 bits per heavy atom. The molecule has 5 rings (SSSR count). The third kappa shape index (κ3) is 6.34. The van der Waals surface area contributed by atoms with Crippen molar-refractivity contribution in [1.82, 2.24) is 9.80 Å². The lowest BCUT2D eigenvalue weighted by atomic mass is 10.1. The van der Waals surface area contributed by atoms with Gasteiger partial charge in [0.15, 0.2) is 11.5 Å². The highest BCUT2D eigenvalue weighted by Crippen LogP contribution is 2.33. The van der Waals surface area contributed by atoms with Crippen LogP contribution in [-0.2, 0) is 22.6 Å². The van der Waals surface area contributed by atoms with Crippen molar-refractivity contribution in [2.24, 2.45) is 0 Å². The normalized spacial score (nSPS) is 16.1. The second-order valence-electron chi connectivity index (χ2n) is 9.28. The van der Waals surface area contributed by atoms with Gasteiger partial charge in [-0.05, 0) is 73.9 Å². The van der Waals surface area contributed by atoms with E-state index in [0.29, 0.717) is 42.5 Å². The molecule has 2 aromatic carbocycles. The number of hydrogen-bond acceptors (Lipinski definition) is 6. The molecule has 37 heavy (non-hydrogen) atoms. The summed E-state index contributed by atoms with van der Waals surface area (Å²) in [5.74, 6) is 2.41. The van der Waals surface area contributed by atoms with E-state index in [0.717, 1.165) is 28.6 Å². The van der Waals surface area contributed by atoms with E-state index < -0.39 is 0 Å². The zero-order valence-electron chi connectivity index (χ0n) is 20.7. The van der Waals surface area contributed by atoms with E-state index in [1.54, 1.807) is 21.9 Å². The number of nitrogens with zero attached hydrogens (tertiary/aromatic N) is 2. The van der Waals surface area contributed by atoms with Gasteiger partial charge in [0.05, 0.1) is 12.6 Å². The molecule has 0 spiro atoms. The highest BCUT2D eigenvalue weighted by atomic mass is 79.9. The minimum Gasteiger partial charge on any atom is -0.464 e. The van der Waals surface area contributed by atoms with E-state index >= 15 is 0 Å². The summed E-state index contributed by atoms with van der Waals surface area (Å²) in [6.45, 7) is 3.62. The van der Waals surface area contributed by atoms with Gasteiger partial charge in [-0.1, -0.05) is 22.0 Å². The Bertz CT molecular complexity index is 1250. The molecule has 0 radical (unpaired) electrons. The zero-order chi connectivity index (χ0) is 25.8. The van der Waals surface area contributed by atoms with E-state index in [1.807, 2.05) is 49.4 Å². The summed E-state index contributed by atoms with van der Waals surface area (Å²) in [6, 6.07) is 16.6. The molecule has 1 aromatic heterocycles. The standard InChI is InChI=1S/C28H29BrN2O6/c1-19-4-10-24(37-19)16-30(14-20-5-11-25-26(13-20)36-18-35-25)27(32)17-31(15-23-3-2-12-34-23)28(33)21-6-8-22(29)9-7-21/h4-11,13,23H,2-3,12,14-18H2,1H3. The molecule has 194 valence electrons. The number of carbonyl (C=O) groups excluding carboxylic acids is 2. The summed E-state index contributed by atoms with van der Waals surface area (Å²) < 4.78 is 23.4. The molecule has 1 fully saturated rings. The summed E-state index contributed by atoms with van der Waals surface area (Å²) in [5.41, 5.74) is 1.42. The molecule has 0 bridgehead atoms. The van der Waals surface area contributed by atoms with Crippen LogP contribution in [0.1, 0.15) is 40.3 Å². The second-order valence-corrected chi connectivity index (χ2v) is 10.2. The first-order chi connectivity index (χ1) is 17.9. The zero-order valence-corrected chi connectivity index (χ0v) is 22.2. The molecule has 2 amide bonds. The van der Waals surface area contributed by atoms with Crippen molar-refractivity contribution in [3.05, 3.63) is 81.7 Å². The number of furan rings is 1. The molecule has 0 aliphatic carbocycles. The molecule has 1 saturated heterocycles. The minimum atomic E-state index is -0.201. The second kappa shape index (κ2) is 11.4. The van der Waals surface area contributed by atoms with Gasteiger partial charge in [-0.2, -0.15) is 0 Å². The Balaban J connectivity index is 1.37. The number of halogens is 1. The summed E-state index contributed by atoms with van der Waals surface area (Å²) in [6.07, 6.45) is 1.74. The molecule has 3 heterocycles. The van der Waals surface area contributed by atoms with Crippen LogP contribution in [0.25, 0.3) is 0 Å². The largest absolute Gasteiger partial charge is 0.464 e. The van der Waals surface area contributed by atoms with Gasteiger partial charge >= 0.3 is 0 Å². The quantitative estimate of drug-likeness (QED) is 0.364. The molecule has 0 saturated carbocycles. The SMILES string of the molecule is Cc1ccc(CN(Cc2ccc3c(c2)OCO3)C(=O)CN(CC2CCCO2)C(=O)c2ccc(Br)cc2)o1. The van der Waals surface area contributed by atoms with Crippen LogP contribution in [0.2, 0.25) is 0 Å². The van der Waals surface area contributed by atoms with Crippen molar-refractivity contribution in [3.8, 4) is 11.5 Å². The maximum atomic E-state index is 13.8. The lowest BCUT2D eigenvalue weighted by molar-refractivity contribution is -0.133. The predicted molar refractivity (Wildman–Crippen MR) is 139 cm³/mol. The predicted octanol–water partition coefficient (Wildman–Crippen LogP) is 4.93. The maximum Gasteiger partial charge on any atom is 0.254 e. The van der Waals surface area contributed by atoms with Crippen molar-refractivity contribution < 1.29 is 28.2 Å². The number of benzene rings is 2. The van der Waals surface area contributed by atoms with Crippen molar-refractivity contribution in [1.29, 1.82) is 0 Å². The molecule has 1 unspecified atom stereocenters. The van der Waals surface area contributed by atoms with E-state index in [4.69, 9.17) is 18.6 Å². The fourth-order valence-corrected chi connectivity index (χ4v) is 4.81. The summed E-state index contributed by atoms with van der Waals surface area (Å²) >= 11 is 3.41. The van der Waals surface area contributed by atoms with Crippen molar-refractivity contribution >= 4 is 27.7 Å². The molecule has 1 atom stereocenters. The Morgan fingerprint density at radius 2 is 1.78 bits per heavy atom. The molecule has 0 N–H and O–H groups in total. The number of carbonyl (C=O) groups is 2. The lowest BCUT2D eigenvalue weighted by Crippen LogP contribution is -2.45. The van der Waals surface area contributed by atoms with Gasteiger partial charge in [0.25, 0.3) is 5.91 Å². The van der Waals surface area contributed by atoms with E-state index in [-0.39, 0.29) is 37.8 Å². The van der Waals surface area contributed by atoms with Gasteiger partial charge in [0.2, 0.25) is 12.7 Å². The molecule has 8 nitrogen and oxygen atoms in total. The third-order valence-corrected chi connectivity index (χ3v) is 6.99. The summed E-state index contributed by atoms with van der Waals surface area (Å²) in [7, 11) is 0. The fraction of sp³-hybridized carbons (Fsp3) is 0.357. The maximum absolute atomic E-state index is 13.8. The Morgan fingerprint density at radius 3 is 2.51 bits per heavy atom. The van der Waals surface area contributed by atoms with Gasteiger partial charge in [-0.25, -0.2) is 0 Å². The average molecular weight is 569 g/mol. The topological polar surface area (TPSA) is 81.5 Å². The lowest BCUT2D eigenvalue weighted by Gasteiger charge is -2.29. The Hall–Kier alpha value is -3.30. The highest BCUT2D eigenvalue weighted by molar-refractivity contribution is 9.10. The third-order valence-electron chi connectivity index (χ3n) is 6.46. The summed E-state index contributed by atoms with van der Waals surface area (Å²) in [5, 5.41) is 0. The smallest absolute Gasteiger partial charge is 0.254 e. The van der Waals surface area contributed by atoms with E-state index in [2.05, 4.69) is 15.9 Å². The number of aryl methyl sites for hydroxylation is 1. The van der Waals surface area contributed by atoms with Crippen LogP contribution < -0.4 is 9.47 Å². The van der Waals surface area contributed by atoms with Gasteiger partial charge < -0.3 is 28.4 Å². The molecule has 2 aliphatic heterocycles. The number of ether oxygens (including phenoxy) is 3. The van der Waals surface area contributed by atoms with Gasteiger partial charge in [-0.3, -0.25) is 9.59 Å². The minimum absolute atomic E-state index is 0.0704. The Kier molecular flexibility index (Phi) is 7.81. The number of rotatable bonds is 9. The number of hydrogen-bond donors (Lipinski definition) is 0. The van der Waals surface area contributed by atoms with Crippen LogP contribution in [0.4, 0.5) is 0 Å². The van der Waals surface area contributed by atoms with Crippen molar-refractivity contribution in [2.45, 2.75) is 39.0 Å². The number of fused-ring (bicyclic) bond motifs is 1. The highest BCUT2D eigenvalue weighted by Gasteiger charge is 2.28. The molecular weight excluding hydrogens is 540 g/mol. The Labute approximate surface area is 224 Å². The molecule has 2 aliphatic rings. The monoisotopic (exact) mass is 568 g/mol. The van der Waals surface area contributed by atoms with Gasteiger partial charge in [0, 0.05) is 29.7 Å². The van der Waals surface area contributed by atoms with Crippen LogP contribution in [-0.4, -0.2) is 54.2 Å². The first-order valence-corrected chi connectivity index (χ1v) is 13.1. The van der Waals surface area contributed by atoms with Crippen molar-refractivity contribution in [2.75, 3.05) is 26.5 Å². The van der Waals surface area contributed by atoms with Crippen LogP contribution in [0.15, 0.2) is 63.5 Å². The van der Waals surface area contributed by atoms with Crippen LogP contribution in [0.3, 0.4) is 0 Å².